The molecule has 0 saturated carbocycles. The van der Waals surface area contributed by atoms with E-state index in [1.165, 1.54) is 0 Å². The highest BCUT2D eigenvalue weighted by atomic mass is 79.9. The van der Waals surface area contributed by atoms with Crippen LogP contribution in [-0.4, -0.2) is 5.78 Å². The maximum atomic E-state index is 12.3. The van der Waals surface area contributed by atoms with Crippen molar-refractivity contribution in [1.29, 1.82) is 5.26 Å². The molecule has 1 unspecified atom stereocenters. The molecule has 0 heterocycles. The molecule has 0 amide bonds. The number of aryl methyl sites for hydroxylation is 1. The molecule has 0 bridgehead atoms. The second kappa shape index (κ2) is 5.81. The Bertz CT molecular complexity index is 623. The standard InChI is InChI=1S/C16H12BrNO/c1-11-2-4-13(5-3-11)16(19)15(10-18)12-6-8-14(17)9-7-12/h2-9,15H,1H3. The number of rotatable bonds is 3. The van der Waals surface area contributed by atoms with Crippen LogP contribution in [0.3, 0.4) is 0 Å². The number of hydrogen-bond donors (Lipinski definition) is 0. The van der Waals surface area contributed by atoms with Gasteiger partial charge in [0.15, 0.2) is 5.78 Å². The summed E-state index contributed by atoms with van der Waals surface area (Å²) in [6.07, 6.45) is 0. The van der Waals surface area contributed by atoms with Crippen molar-refractivity contribution in [3.8, 4) is 6.07 Å². The fraction of sp³-hybridized carbons (Fsp3) is 0.125. The first-order valence-corrected chi connectivity index (χ1v) is 6.67. The third-order valence-electron chi connectivity index (χ3n) is 2.93. The minimum absolute atomic E-state index is 0.162. The Morgan fingerprint density at radius 3 is 2.21 bits per heavy atom. The zero-order valence-electron chi connectivity index (χ0n) is 10.4. The van der Waals surface area contributed by atoms with E-state index in [0.717, 1.165) is 15.6 Å². The van der Waals surface area contributed by atoms with Crippen molar-refractivity contribution in [3.63, 3.8) is 0 Å². The van der Waals surface area contributed by atoms with Gasteiger partial charge in [-0.2, -0.15) is 5.26 Å². The van der Waals surface area contributed by atoms with Crippen molar-refractivity contribution >= 4 is 21.7 Å². The van der Waals surface area contributed by atoms with Crippen LogP contribution in [0.2, 0.25) is 0 Å². The van der Waals surface area contributed by atoms with Crippen LogP contribution in [0.1, 0.15) is 27.4 Å². The summed E-state index contributed by atoms with van der Waals surface area (Å²) in [4.78, 5) is 12.3. The van der Waals surface area contributed by atoms with Crippen LogP contribution in [0.15, 0.2) is 53.0 Å². The second-order valence-corrected chi connectivity index (χ2v) is 5.26. The SMILES string of the molecule is Cc1ccc(C(=O)C(C#N)c2ccc(Br)cc2)cc1. The summed E-state index contributed by atoms with van der Waals surface area (Å²) < 4.78 is 0.927. The fourth-order valence-electron chi connectivity index (χ4n) is 1.82. The first kappa shape index (κ1) is 13.5. The third-order valence-corrected chi connectivity index (χ3v) is 3.46. The summed E-state index contributed by atoms with van der Waals surface area (Å²) in [6.45, 7) is 1.96. The summed E-state index contributed by atoms with van der Waals surface area (Å²) in [5.74, 6) is -0.916. The molecule has 0 fully saturated rings. The van der Waals surface area contributed by atoms with Gasteiger partial charge >= 0.3 is 0 Å². The molecule has 2 aromatic carbocycles. The Morgan fingerprint density at radius 2 is 1.68 bits per heavy atom. The Morgan fingerprint density at radius 1 is 1.11 bits per heavy atom. The van der Waals surface area contributed by atoms with E-state index < -0.39 is 5.92 Å². The van der Waals surface area contributed by atoms with Gasteiger partial charge in [0.05, 0.1) is 6.07 Å². The van der Waals surface area contributed by atoms with Crippen molar-refractivity contribution in [2.24, 2.45) is 0 Å². The third kappa shape index (κ3) is 3.10. The lowest BCUT2D eigenvalue weighted by Gasteiger charge is -2.09. The average molecular weight is 314 g/mol. The predicted molar refractivity (Wildman–Crippen MR) is 78.0 cm³/mol. The predicted octanol–water partition coefficient (Wildman–Crippen LogP) is 4.25. The van der Waals surface area contributed by atoms with E-state index in [9.17, 15) is 10.1 Å². The van der Waals surface area contributed by atoms with Crippen LogP contribution in [0.4, 0.5) is 0 Å². The van der Waals surface area contributed by atoms with Crippen LogP contribution in [0.5, 0.6) is 0 Å². The van der Waals surface area contributed by atoms with Crippen molar-refractivity contribution in [3.05, 3.63) is 69.7 Å². The van der Waals surface area contributed by atoms with Gasteiger partial charge in [0.1, 0.15) is 5.92 Å². The number of hydrogen-bond acceptors (Lipinski definition) is 2. The molecular weight excluding hydrogens is 302 g/mol. The maximum absolute atomic E-state index is 12.3. The highest BCUT2D eigenvalue weighted by Crippen LogP contribution is 2.22. The Labute approximate surface area is 120 Å². The lowest BCUT2D eigenvalue weighted by molar-refractivity contribution is 0.0979. The molecule has 1 atom stereocenters. The number of Topliss-reactive ketones (excluding diaryl/α,β-unsaturated/α-hetero) is 1. The number of nitriles is 1. The minimum Gasteiger partial charge on any atom is -0.292 e. The van der Waals surface area contributed by atoms with E-state index in [1.807, 2.05) is 31.2 Å². The molecule has 0 aromatic heterocycles. The van der Waals surface area contributed by atoms with E-state index in [0.29, 0.717) is 5.56 Å². The summed E-state index contributed by atoms with van der Waals surface area (Å²) in [7, 11) is 0. The molecule has 0 aliphatic rings. The van der Waals surface area contributed by atoms with E-state index in [1.54, 1.807) is 24.3 Å². The minimum atomic E-state index is -0.754. The normalized spacial score (nSPS) is 11.6. The molecule has 94 valence electrons. The molecule has 19 heavy (non-hydrogen) atoms. The zero-order chi connectivity index (χ0) is 13.8. The molecule has 2 aromatic rings. The highest BCUT2D eigenvalue weighted by Gasteiger charge is 2.21. The summed E-state index contributed by atoms with van der Waals surface area (Å²) >= 11 is 3.34. The van der Waals surface area contributed by atoms with Crippen molar-refractivity contribution < 1.29 is 4.79 Å². The van der Waals surface area contributed by atoms with Gasteiger partial charge in [-0.3, -0.25) is 4.79 Å². The van der Waals surface area contributed by atoms with Gasteiger partial charge in [-0.25, -0.2) is 0 Å². The molecule has 0 saturated heterocycles. The zero-order valence-corrected chi connectivity index (χ0v) is 12.0. The molecule has 0 aliphatic carbocycles. The van der Waals surface area contributed by atoms with Crippen LogP contribution in [-0.2, 0) is 0 Å². The Hall–Kier alpha value is -1.92. The highest BCUT2D eigenvalue weighted by molar-refractivity contribution is 9.10. The molecule has 2 nitrogen and oxygen atoms in total. The van der Waals surface area contributed by atoms with E-state index in [-0.39, 0.29) is 5.78 Å². The number of carbonyl (C=O) groups excluding carboxylic acids is 1. The largest absolute Gasteiger partial charge is 0.292 e. The molecule has 0 N–H and O–H groups in total. The molecule has 0 radical (unpaired) electrons. The van der Waals surface area contributed by atoms with Crippen molar-refractivity contribution in [1.82, 2.24) is 0 Å². The number of ketones is 1. The van der Waals surface area contributed by atoms with E-state index in [2.05, 4.69) is 22.0 Å². The lowest BCUT2D eigenvalue weighted by Crippen LogP contribution is -2.11. The van der Waals surface area contributed by atoms with Crippen LogP contribution in [0, 0.1) is 18.3 Å². The number of halogens is 1. The van der Waals surface area contributed by atoms with Crippen LogP contribution in [0.25, 0.3) is 0 Å². The van der Waals surface area contributed by atoms with E-state index >= 15 is 0 Å². The monoisotopic (exact) mass is 313 g/mol. The lowest BCUT2D eigenvalue weighted by atomic mass is 9.91. The maximum Gasteiger partial charge on any atom is 0.184 e. The fourth-order valence-corrected chi connectivity index (χ4v) is 2.09. The average Bonchev–Trinajstić information content (AvgIpc) is 2.42. The number of nitrogens with zero attached hydrogens (tertiary/aromatic N) is 1. The first-order valence-electron chi connectivity index (χ1n) is 5.88. The smallest absolute Gasteiger partial charge is 0.184 e. The molecule has 2 rings (SSSR count). The van der Waals surface area contributed by atoms with E-state index in [4.69, 9.17) is 0 Å². The van der Waals surface area contributed by atoms with Gasteiger partial charge in [0.2, 0.25) is 0 Å². The van der Waals surface area contributed by atoms with Crippen LogP contribution >= 0.6 is 15.9 Å². The van der Waals surface area contributed by atoms with Gasteiger partial charge in [0.25, 0.3) is 0 Å². The Kier molecular flexibility index (Phi) is 4.13. The summed E-state index contributed by atoms with van der Waals surface area (Å²) in [6, 6.07) is 16.6. The second-order valence-electron chi connectivity index (χ2n) is 4.34. The number of benzene rings is 2. The van der Waals surface area contributed by atoms with Gasteiger partial charge < -0.3 is 0 Å². The van der Waals surface area contributed by atoms with Crippen molar-refractivity contribution in [2.75, 3.05) is 0 Å². The number of carbonyl (C=O) groups is 1. The van der Waals surface area contributed by atoms with Gasteiger partial charge in [0, 0.05) is 10.0 Å². The van der Waals surface area contributed by atoms with Crippen molar-refractivity contribution in [2.45, 2.75) is 12.8 Å². The molecular formula is C16H12BrNO. The van der Waals surface area contributed by atoms with Gasteiger partial charge in [-0.05, 0) is 24.6 Å². The van der Waals surface area contributed by atoms with Gasteiger partial charge in [-0.1, -0.05) is 57.9 Å². The molecule has 3 heteroatoms. The topological polar surface area (TPSA) is 40.9 Å². The van der Waals surface area contributed by atoms with Crippen LogP contribution < -0.4 is 0 Å². The first-order chi connectivity index (χ1) is 9.11. The molecule has 0 spiro atoms. The Balaban J connectivity index is 2.32. The molecule has 0 aliphatic heterocycles. The summed E-state index contributed by atoms with van der Waals surface area (Å²) in [5.41, 5.74) is 2.38. The van der Waals surface area contributed by atoms with Gasteiger partial charge in [-0.15, -0.1) is 0 Å². The quantitative estimate of drug-likeness (QED) is 0.795. The summed E-state index contributed by atoms with van der Waals surface area (Å²) in [5, 5.41) is 9.25.